The summed E-state index contributed by atoms with van der Waals surface area (Å²) in [6.07, 6.45) is 4.18. The summed E-state index contributed by atoms with van der Waals surface area (Å²) in [6.45, 7) is 4.50. The van der Waals surface area contributed by atoms with E-state index in [1.54, 1.807) is 6.33 Å². The molecular weight excluding hydrogens is 290 g/mol. The zero-order valence-corrected chi connectivity index (χ0v) is 14.0. The number of hydrogen-bond acceptors (Lipinski definition) is 4. The summed E-state index contributed by atoms with van der Waals surface area (Å²) >= 11 is 0. The highest BCUT2D eigenvalue weighted by molar-refractivity contribution is 5.72. The van der Waals surface area contributed by atoms with Crippen molar-refractivity contribution >= 4 is 5.97 Å². The van der Waals surface area contributed by atoms with Gasteiger partial charge in [0, 0.05) is 7.05 Å². The number of hydrogen-bond donors (Lipinski definition) is 0. The van der Waals surface area contributed by atoms with Gasteiger partial charge in [0.25, 0.3) is 0 Å². The van der Waals surface area contributed by atoms with Crippen LogP contribution >= 0.6 is 0 Å². The van der Waals surface area contributed by atoms with E-state index in [9.17, 15) is 4.79 Å². The lowest BCUT2D eigenvalue weighted by Crippen LogP contribution is -2.43. The lowest BCUT2D eigenvalue weighted by molar-refractivity contribution is -0.142. The molecule has 122 valence electrons. The minimum Gasteiger partial charge on any atom is -0.466 e. The molecule has 0 saturated heterocycles. The maximum Gasteiger partial charge on any atom is 0.310 e. The van der Waals surface area contributed by atoms with Crippen molar-refractivity contribution in [3.63, 3.8) is 0 Å². The first-order chi connectivity index (χ1) is 11.0. The molecule has 0 spiro atoms. The van der Waals surface area contributed by atoms with Gasteiger partial charge in [0.1, 0.15) is 12.2 Å². The fourth-order valence-corrected chi connectivity index (χ4v) is 3.75. The van der Waals surface area contributed by atoms with Crippen molar-refractivity contribution in [3.05, 3.63) is 47.5 Å². The van der Waals surface area contributed by atoms with E-state index in [-0.39, 0.29) is 11.4 Å². The van der Waals surface area contributed by atoms with E-state index in [0.29, 0.717) is 18.9 Å². The van der Waals surface area contributed by atoms with E-state index in [0.717, 1.165) is 24.2 Å². The van der Waals surface area contributed by atoms with Crippen LogP contribution in [-0.2, 0) is 28.4 Å². The zero-order chi connectivity index (χ0) is 16.4. The number of aryl methyl sites for hydroxylation is 1. The molecule has 0 amide bonds. The van der Waals surface area contributed by atoms with Gasteiger partial charge < -0.3 is 9.30 Å². The first-order valence-corrected chi connectivity index (χ1v) is 8.14. The Morgan fingerprint density at radius 3 is 2.83 bits per heavy atom. The summed E-state index contributed by atoms with van der Waals surface area (Å²) in [7, 11) is 1.99. The average molecular weight is 313 g/mol. The number of carbonyl (C=O) groups is 1. The van der Waals surface area contributed by atoms with Gasteiger partial charge >= 0.3 is 5.97 Å². The van der Waals surface area contributed by atoms with Gasteiger partial charge in [0.15, 0.2) is 0 Å². The normalized spacial score (nSPS) is 23.3. The van der Waals surface area contributed by atoms with E-state index < -0.39 is 0 Å². The van der Waals surface area contributed by atoms with Crippen LogP contribution in [-0.4, -0.2) is 27.3 Å². The third-order valence-corrected chi connectivity index (χ3v) is 4.67. The van der Waals surface area contributed by atoms with Crippen LogP contribution in [0, 0.1) is 5.92 Å². The van der Waals surface area contributed by atoms with E-state index >= 15 is 0 Å². The molecule has 1 aromatic carbocycles. The monoisotopic (exact) mass is 313 g/mol. The van der Waals surface area contributed by atoms with Crippen molar-refractivity contribution in [1.29, 1.82) is 0 Å². The van der Waals surface area contributed by atoms with Crippen LogP contribution in [0.4, 0.5) is 0 Å². The largest absolute Gasteiger partial charge is 0.466 e. The molecule has 5 heteroatoms. The molecule has 0 bridgehead atoms. The van der Waals surface area contributed by atoms with E-state index in [4.69, 9.17) is 4.74 Å². The highest BCUT2D eigenvalue weighted by Gasteiger charge is 2.48. The quantitative estimate of drug-likeness (QED) is 0.796. The summed E-state index contributed by atoms with van der Waals surface area (Å²) in [5.74, 6) is 1.49. The summed E-state index contributed by atoms with van der Waals surface area (Å²) in [4.78, 5) is 11.7. The number of ether oxygens (including phenoxy) is 1. The Balaban J connectivity index is 1.93. The third kappa shape index (κ3) is 2.87. The minimum absolute atomic E-state index is 0.0880. The highest BCUT2D eigenvalue weighted by atomic mass is 16.5. The number of nitrogens with zero attached hydrogens (tertiary/aromatic N) is 3. The van der Waals surface area contributed by atoms with Crippen LogP contribution in [0.5, 0.6) is 0 Å². The number of esters is 1. The molecule has 0 N–H and O–H groups in total. The molecule has 1 aliphatic carbocycles. The predicted molar refractivity (Wildman–Crippen MR) is 87.0 cm³/mol. The Labute approximate surface area is 136 Å². The van der Waals surface area contributed by atoms with Gasteiger partial charge in [0.05, 0.1) is 18.4 Å². The molecule has 1 aliphatic rings. The topological polar surface area (TPSA) is 57.0 Å². The van der Waals surface area contributed by atoms with Gasteiger partial charge in [-0.15, -0.1) is 10.2 Å². The summed E-state index contributed by atoms with van der Waals surface area (Å²) in [5.41, 5.74) is 2.12. The molecule has 2 aromatic rings. The van der Waals surface area contributed by atoms with Crippen molar-refractivity contribution < 1.29 is 9.53 Å². The first kappa shape index (κ1) is 15.7. The molecule has 0 radical (unpaired) electrons. The Morgan fingerprint density at radius 1 is 1.43 bits per heavy atom. The van der Waals surface area contributed by atoms with Crippen molar-refractivity contribution in [2.24, 2.45) is 13.0 Å². The molecule has 1 fully saturated rings. The van der Waals surface area contributed by atoms with Crippen molar-refractivity contribution in [1.82, 2.24) is 14.8 Å². The fraction of sp³-hybridized carbons (Fsp3) is 0.500. The number of benzene rings is 1. The highest BCUT2D eigenvalue weighted by Crippen LogP contribution is 2.51. The van der Waals surface area contributed by atoms with Gasteiger partial charge in [-0.1, -0.05) is 31.2 Å². The standard InChI is InChI=1S/C18H23N3O2/c1-4-23-16(22)9-14-6-5-7-15(8-14)18(10-13(2)11-18)17-20-19-12-21(17)3/h5-8,12-13H,4,9-11H2,1-3H3. The van der Waals surface area contributed by atoms with Crippen molar-refractivity contribution in [2.75, 3.05) is 6.61 Å². The number of carbonyl (C=O) groups excluding carboxylic acids is 1. The van der Waals surface area contributed by atoms with Crippen LogP contribution in [0.2, 0.25) is 0 Å². The predicted octanol–water partition coefficient (Wildman–Crippen LogP) is 2.64. The Kier molecular flexibility index (Phi) is 4.20. The van der Waals surface area contributed by atoms with Gasteiger partial charge in [-0.25, -0.2) is 0 Å². The fourth-order valence-electron chi connectivity index (χ4n) is 3.75. The summed E-state index contributed by atoms with van der Waals surface area (Å²) < 4.78 is 7.06. The molecular formula is C18H23N3O2. The molecule has 1 heterocycles. The van der Waals surface area contributed by atoms with Gasteiger partial charge in [-0.3, -0.25) is 4.79 Å². The maximum absolute atomic E-state index is 11.7. The summed E-state index contributed by atoms with van der Waals surface area (Å²) in [6, 6.07) is 8.25. The lowest BCUT2D eigenvalue weighted by Gasteiger charge is -2.46. The molecule has 0 unspecified atom stereocenters. The average Bonchev–Trinajstić information content (AvgIpc) is 2.90. The zero-order valence-electron chi connectivity index (χ0n) is 14.0. The number of rotatable bonds is 5. The molecule has 1 saturated carbocycles. The second kappa shape index (κ2) is 6.14. The second-order valence-corrected chi connectivity index (χ2v) is 6.54. The van der Waals surface area contributed by atoms with E-state index in [2.05, 4.69) is 29.3 Å². The van der Waals surface area contributed by atoms with Crippen LogP contribution in [0.15, 0.2) is 30.6 Å². The van der Waals surface area contributed by atoms with Crippen LogP contribution in [0.25, 0.3) is 0 Å². The maximum atomic E-state index is 11.7. The van der Waals surface area contributed by atoms with Crippen LogP contribution in [0.1, 0.15) is 43.6 Å². The summed E-state index contributed by atoms with van der Waals surface area (Å²) in [5, 5.41) is 8.42. The number of aromatic nitrogens is 3. The van der Waals surface area contributed by atoms with Gasteiger partial charge in [-0.2, -0.15) is 0 Å². The third-order valence-electron chi connectivity index (χ3n) is 4.67. The molecule has 1 aromatic heterocycles. The van der Waals surface area contributed by atoms with Crippen molar-refractivity contribution in [3.8, 4) is 0 Å². The van der Waals surface area contributed by atoms with E-state index in [1.807, 2.05) is 30.7 Å². The molecule has 3 rings (SSSR count). The van der Waals surface area contributed by atoms with Crippen molar-refractivity contribution in [2.45, 2.75) is 38.5 Å². The SMILES string of the molecule is CCOC(=O)Cc1cccc(C2(c3nncn3C)CC(C)C2)c1. The van der Waals surface area contributed by atoms with Gasteiger partial charge in [-0.05, 0) is 36.8 Å². The Morgan fingerprint density at radius 2 is 2.22 bits per heavy atom. The van der Waals surface area contributed by atoms with Gasteiger partial charge in [0.2, 0.25) is 0 Å². The second-order valence-electron chi connectivity index (χ2n) is 6.54. The minimum atomic E-state index is -0.181. The van der Waals surface area contributed by atoms with E-state index in [1.165, 1.54) is 5.56 Å². The first-order valence-electron chi connectivity index (χ1n) is 8.14. The van der Waals surface area contributed by atoms with Crippen LogP contribution < -0.4 is 0 Å². The lowest BCUT2D eigenvalue weighted by atomic mass is 9.58. The molecule has 0 aliphatic heterocycles. The Hall–Kier alpha value is -2.17. The van der Waals surface area contributed by atoms with Crippen LogP contribution in [0.3, 0.4) is 0 Å². The molecule has 0 atom stereocenters. The molecule has 5 nitrogen and oxygen atoms in total. The molecule has 23 heavy (non-hydrogen) atoms. The smallest absolute Gasteiger partial charge is 0.310 e. The Bertz CT molecular complexity index is 702.